The van der Waals surface area contributed by atoms with Crippen LogP contribution in [0.1, 0.15) is 26.7 Å². The van der Waals surface area contributed by atoms with E-state index in [1.54, 1.807) is 0 Å². The highest BCUT2D eigenvalue weighted by molar-refractivity contribution is 4.67. The maximum Gasteiger partial charge on any atom is 0.411 e. The number of alkyl halides is 3. The molecule has 0 amide bonds. The van der Waals surface area contributed by atoms with E-state index in [0.29, 0.717) is 18.4 Å². The largest absolute Gasteiger partial charge is 0.411 e. The molecular weight excluding hydrogens is 207 g/mol. The van der Waals surface area contributed by atoms with Gasteiger partial charge < -0.3 is 10.1 Å². The molecule has 92 valence electrons. The molecule has 0 saturated heterocycles. The molecule has 1 atom stereocenters. The number of nitrogens with one attached hydrogen (secondary N) is 1. The van der Waals surface area contributed by atoms with Crippen LogP contribution in [-0.2, 0) is 4.74 Å². The lowest BCUT2D eigenvalue weighted by atomic mass is 10.00. The maximum atomic E-state index is 11.7. The molecule has 0 aromatic rings. The van der Waals surface area contributed by atoms with E-state index in [1.165, 1.54) is 0 Å². The monoisotopic (exact) mass is 227 g/mol. The Morgan fingerprint density at radius 3 is 2.27 bits per heavy atom. The first-order chi connectivity index (χ1) is 6.87. The molecule has 0 fully saturated rings. The Bertz CT molecular complexity index is 159. The van der Waals surface area contributed by atoms with Crippen molar-refractivity contribution in [1.29, 1.82) is 0 Å². The van der Waals surface area contributed by atoms with Crippen molar-refractivity contribution in [3.8, 4) is 0 Å². The molecule has 0 aliphatic rings. The number of ether oxygens (including phenoxy) is 1. The third kappa shape index (κ3) is 8.69. The van der Waals surface area contributed by atoms with Crippen molar-refractivity contribution in [2.24, 2.45) is 5.92 Å². The fraction of sp³-hybridized carbons (Fsp3) is 1.00. The molecule has 0 aromatic heterocycles. The van der Waals surface area contributed by atoms with Crippen molar-refractivity contribution in [1.82, 2.24) is 5.32 Å². The fourth-order valence-electron chi connectivity index (χ4n) is 1.40. The standard InChI is InChI=1S/C10H20F3NO/c1-8(2)9(14-3)5-4-6-15-7-10(11,12)13/h8-9,14H,4-7H2,1-3H3. The van der Waals surface area contributed by atoms with Gasteiger partial charge in [-0.3, -0.25) is 0 Å². The molecule has 1 N–H and O–H groups in total. The molecule has 2 nitrogen and oxygen atoms in total. The molecule has 0 saturated carbocycles. The van der Waals surface area contributed by atoms with E-state index < -0.39 is 12.8 Å². The van der Waals surface area contributed by atoms with Crippen LogP contribution in [-0.4, -0.2) is 32.5 Å². The Labute approximate surface area is 89.2 Å². The summed E-state index contributed by atoms with van der Waals surface area (Å²) in [6, 6.07) is 0.347. The zero-order valence-electron chi connectivity index (χ0n) is 9.53. The van der Waals surface area contributed by atoms with Gasteiger partial charge in [-0.1, -0.05) is 13.8 Å². The van der Waals surface area contributed by atoms with Crippen LogP contribution in [0.15, 0.2) is 0 Å². The molecule has 5 heteroatoms. The van der Waals surface area contributed by atoms with Gasteiger partial charge in [0.25, 0.3) is 0 Å². The minimum atomic E-state index is -4.21. The number of rotatable bonds is 7. The normalized spacial score (nSPS) is 14.6. The summed E-state index contributed by atoms with van der Waals surface area (Å²) in [7, 11) is 1.86. The summed E-state index contributed by atoms with van der Waals surface area (Å²) in [4.78, 5) is 0. The Balaban J connectivity index is 3.45. The second kappa shape index (κ2) is 7.06. The van der Waals surface area contributed by atoms with Crippen LogP contribution in [0.5, 0.6) is 0 Å². The van der Waals surface area contributed by atoms with Gasteiger partial charge in [0.05, 0.1) is 0 Å². The van der Waals surface area contributed by atoms with Crippen LogP contribution in [0.4, 0.5) is 13.2 Å². The van der Waals surface area contributed by atoms with Gasteiger partial charge in [-0.05, 0) is 25.8 Å². The first-order valence-electron chi connectivity index (χ1n) is 5.18. The van der Waals surface area contributed by atoms with Gasteiger partial charge in [0, 0.05) is 12.6 Å². The minimum absolute atomic E-state index is 0.171. The second-order valence-corrected chi connectivity index (χ2v) is 3.95. The molecule has 0 heterocycles. The van der Waals surface area contributed by atoms with E-state index in [-0.39, 0.29) is 6.61 Å². The van der Waals surface area contributed by atoms with E-state index in [2.05, 4.69) is 23.9 Å². The Morgan fingerprint density at radius 2 is 1.87 bits per heavy atom. The predicted molar refractivity (Wildman–Crippen MR) is 53.8 cm³/mol. The van der Waals surface area contributed by atoms with Gasteiger partial charge in [0.1, 0.15) is 6.61 Å². The Hall–Kier alpha value is -0.290. The van der Waals surface area contributed by atoms with E-state index in [9.17, 15) is 13.2 Å². The highest BCUT2D eigenvalue weighted by atomic mass is 19.4. The number of halogens is 3. The summed E-state index contributed by atoms with van der Waals surface area (Å²) >= 11 is 0. The predicted octanol–water partition coefficient (Wildman–Crippen LogP) is 2.59. The van der Waals surface area contributed by atoms with Crippen molar-refractivity contribution < 1.29 is 17.9 Å². The molecule has 0 spiro atoms. The van der Waals surface area contributed by atoms with Gasteiger partial charge in [-0.15, -0.1) is 0 Å². The first-order valence-corrected chi connectivity index (χ1v) is 5.18. The molecule has 0 aliphatic carbocycles. The topological polar surface area (TPSA) is 21.3 Å². The van der Waals surface area contributed by atoms with Gasteiger partial charge in [-0.2, -0.15) is 13.2 Å². The lowest BCUT2D eigenvalue weighted by molar-refractivity contribution is -0.174. The van der Waals surface area contributed by atoms with Gasteiger partial charge in [0.15, 0.2) is 0 Å². The van der Waals surface area contributed by atoms with E-state index in [4.69, 9.17) is 0 Å². The summed E-state index contributed by atoms with van der Waals surface area (Å²) < 4.78 is 39.6. The van der Waals surface area contributed by atoms with Crippen molar-refractivity contribution >= 4 is 0 Å². The zero-order chi connectivity index (χ0) is 11.9. The molecule has 0 aliphatic heterocycles. The first kappa shape index (κ1) is 14.7. The highest BCUT2D eigenvalue weighted by Gasteiger charge is 2.27. The van der Waals surface area contributed by atoms with Crippen LogP contribution in [0.25, 0.3) is 0 Å². The fourth-order valence-corrected chi connectivity index (χ4v) is 1.40. The van der Waals surface area contributed by atoms with Crippen LogP contribution in [0.3, 0.4) is 0 Å². The summed E-state index contributed by atoms with van der Waals surface area (Å²) in [5, 5.41) is 3.13. The zero-order valence-corrected chi connectivity index (χ0v) is 9.53. The third-order valence-corrected chi connectivity index (χ3v) is 2.25. The summed E-state index contributed by atoms with van der Waals surface area (Å²) in [5.74, 6) is 0.484. The molecule has 0 radical (unpaired) electrons. The van der Waals surface area contributed by atoms with Gasteiger partial charge >= 0.3 is 6.18 Å². The molecule has 0 bridgehead atoms. The SMILES string of the molecule is CNC(CCCOCC(F)(F)F)C(C)C. The molecule has 1 unspecified atom stereocenters. The van der Waals surface area contributed by atoms with Crippen molar-refractivity contribution in [3.63, 3.8) is 0 Å². The Kier molecular flexibility index (Phi) is 6.92. The maximum absolute atomic E-state index is 11.7. The van der Waals surface area contributed by atoms with Crippen molar-refractivity contribution in [3.05, 3.63) is 0 Å². The summed E-state index contributed by atoms with van der Waals surface area (Å²) in [5.41, 5.74) is 0. The van der Waals surface area contributed by atoms with Crippen LogP contribution < -0.4 is 5.32 Å². The van der Waals surface area contributed by atoms with E-state index in [1.807, 2.05) is 7.05 Å². The quantitative estimate of drug-likeness (QED) is 0.675. The van der Waals surface area contributed by atoms with Gasteiger partial charge in [0.2, 0.25) is 0 Å². The van der Waals surface area contributed by atoms with Gasteiger partial charge in [-0.25, -0.2) is 0 Å². The molecule has 15 heavy (non-hydrogen) atoms. The van der Waals surface area contributed by atoms with Crippen molar-refractivity contribution in [2.45, 2.75) is 38.9 Å². The lowest BCUT2D eigenvalue weighted by Gasteiger charge is -2.19. The van der Waals surface area contributed by atoms with E-state index >= 15 is 0 Å². The summed E-state index contributed by atoms with van der Waals surface area (Å²) in [6.07, 6.45) is -2.72. The third-order valence-electron chi connectivity index (χ3n) is 2.25. The molecular formula is C10H20F3NO. The van der Waals surface area contributed by atoms with Crippen LogP contribution in [0.2, 0.25) is 0 Å². The van der Waals surface area contributed by atoms with Crippen LogP contribution >= 0.6 is 0 Å². The average Bonchev–Trinajstić information content (AvgIpc) is 2.08. The smallest absolute Gasteiger partial charge is 0.372 e. The average molecular weight is 227 g/mol. The molecule has 0 rings (SSSR count). The van der Waals surface area contributed by atoms with E-state index in [0.717, 1.165) is 6.42 Å². The minimum Gasteiger partial charge on any atom is -0.372 e. The highest BCUT2D eigenvalue weighted by Crippen LogP contribution is 2.15. The van der Waals surface area contributed by atoms with Crippen LogP contribution in [0, 0.1) is 5.92 Å². The second-order valence-electron chi connectivity index (χ2n) is 3.95. The number of hydrogen-bond donors (Lipinski definition) is 1. The van der Waals surface area contributed by atoms with Crippen molar-refractivity contribution in [2.75, 3.05) is 20.3 Å². The summed E-state index contributed by atoms with van der Waals surface area (Å²) in [6.45, 7) is 3.19. The molecule has 0 aromatic carbocycles. The number of hydrogen-bond acceptors (Lipinski definition) is 2. The Morgan fingerprint density at radius 1 is 1.27 bits per heavy atom. The lowest BCUT2D eigenvalue weighted by Crippen LogP contribution is -2.30.